The Kier molecular flexibility index (Phi) is 3.53. The molecule has 1 amide bonds. The molecule has 1 aromatic carbocycles. The molecule has 0 atom stereocenters. The van der Waals surface area contributed by atoms with E-state index in [4.69, 9.17) is 9.15 Å². The second-order valence-electron chi connectivity index (χ2n) is 5.56. The number of carbonyl (C=O) groups excluding carboxylic acids is 1. The number of nitrogens with one attached hydrogen (secondary N) is 1. The summed E-state index contributed by atoms with van der Waals surface area (Å²) in [6.07, 6.45) is 0. The van der Waals surface area contributed by atoms with E-state index in [0.717, 1.165) is 0 Å². The zero-order valence-electron chi connectivity index (χ0n) is 11.9. The minimum absolute atomic E-state index is 0.0133. The van der Waals surface area contributed by atoms with Crippen LogP contribution in [-0.2, 0) is 0 Å². The second-order valence-corrected chi connectivity index (χ2v) is 5.56. The summed E-state index contributed by atoms with van der Waals surface area (Å²) in [5, 5.41) is 3.38. The van der Waals surface area contributed by atoms with Gasteiger partial charge in [0.2, 0.25) is 0 Å². The molecule has 0 spiro atoms. The minimum atomic E-state index is -0.649. The standard InChI is InChI=1S/C15H17NO4/c1-15(2,3)16-13(17)11-8-9-7-10(19-4)5-6-12(9)20-14(11)18/h5-8H,1-4H3,(H,16,17). The van der Waals surface area contributed by atoms with Crippen LogP contribution in [0.2, 0.25) is 0 Å². The van der Waals surface area contributed by atoms with E-state index in [1.54, 1.807) is 25.3 Å². The van der Waals surface area contributed by atoms with E-state index >= 15 is 0 Å². The Morgan fingerprint density at radius 3 is 2.55 bits per heavy atom. The number of hydrogen-bond acceptors (Lipinski definition) is 4. The van der Waals surface area contributed by atoms with Gasteiger partial charge in [0, 0.05) is 10.9 Å². The molecule has 0 fully saturated rings. The van der Waals surface area contributed by atoms with Crippen LogP contribution in [0.3, 0.4) is 0 Å². The van der Waals surface area contributed by atoms with Gasteiger partial charge in [-0.05, 0) is 45.0 Å². The quantitative estimate of drug-likeness (QED) is 0.854. The van der Waals surface area contributed by atoms with E-state index < -0.39 is 17.1 Å². The summed E-state index contributed by atoms with van der Waals surface area (Å²) < 4.78 is 10.3. The molecule has 5 nitrogen and oxygen atoms in total. The first-order chi connectivity index (χ1) is 9.30. The van der Waals surface area contributed by atoms with E-state index in [1.807, 2.05) is 20.8 Å². The zero-order chi connectivity index (χ0) is 14.9. The number of amides is 1. The minimum Gasteiger partial charge on any atom is -0.497 e. The molecular weight excluding hydrogens is 258 g/mol. The highest BCUT2D eigenvalue weighted by atomic mass is 16.5. The molecule has 0 unspecified atom stereocenters. The lowest BCUT2D eigenvalue weighted by molar-refractivity contribution is 0.0916. The molecule has 1 heterocycles. The summed E-state index contributed by atoms with van der Waals surface area (Å²) >= 11 is 0. The number of ether oxygens (including phenoxy) is 1. The van der Waals surface area contributed by atoms with Crippen molar-refractivity contribution in [2.24, 2.45) is 0 Å². The molecular formula is C15H17NO4. The molecule has 20 heavy (non-hydrogen) atoms. The van der Waals surface area contributed by atoms with Gasteiger partial charge in [0.1, 0.15) is 16.9 Å². The van der Waals surface area contributed by atoms with Gasteiger partial charge in [0.05, 0.1) is 7.11 Å². The molecule has 0 bridgehead atoms. The van der Waals surface area contributed by atoms with Crippen molar-refractivity contribution in [3.05, 3.63) is 40.2 Å². The Balaban J connectivity index is 2.51. The maximum atomic E-state index is 12.1. The van der Waals surface area contributed by atoms with E-state index in [0.29, 0.717) is 16.7 Å². The Hall–Kier alpha value is -2.30. The van der Waals surface area contributed by atoms with E-state index in [1.165, 1.54) is 6.07 Å². The van der Waals surface area contributed by atoms with Gasteiger partial charge in [-0.25, -0.2) is 4.79 Å². The van der Waals surface area contributed by atoms with Gasteiger partial charge in [0.25, 0.3) is 5.91 Å². The summed E-state index contributed by atoms with van der Waals surface area (Å²) in [7, 11) is 1.55. The normalized spacial score (nSPS) is 11.4. The molecule has 5 heteroatoms. The molecule has 1 N–H and O–H groups in total. The molecule has 0 aliphatic heterocycles. The lowest BCUT2D eigenvalue weighted by Gasteiger charge is -2.20. The van der Waals surface area contributed by atoms with E-state index in [-0.39, 0.29) is 5.56 Å². The number of methoxy groups -OCH3 is 1. The first-order valence-electron chi connectivity index (χ1n) is 6.24. The molecule has 2 aromatic rings. The predicted molar refractivity (Wildman–Crippen MR) is 76.3 cm³/mol. The third-order valence-electron chi connectivity index (χ3n) is 2.67. The number of rotatable bonds is 2. The smallest absolute Gasteiger partial charge is 0.349 e. The molecule has 0 saturated heterocycles. The maximum Gasteiger partial charge on any atom is 0.349 e. The highest BCUT2D eigenvalue weighted by Gasteiger charge is 2.19. The summed E-state index contributed by atoms with van der Waals surface area (Å²) in [5.74, 6) is 0.185. The maximum absolute atomic E-state index is 12.1. The summed E-state index contributed by atoms with van der Waals surface area (Å²) in [6, 6.07) is 6.57. The lowest BCUT2D eigenvalue weighted by atomic mass is 10.1. The van der Waals surface area contributed by atoms with Crippen molar-refractivity contribution in [1.82, 2.24) is 5.32 Å². The van der Waals surface area contributed by atoms with E-state index in [9.17, 15) is 9.59 Å². The molecule has 106 valence electrons. The lowest BCUT2D eigenvalue weighted by Crippen LogP contribution is -2.42. The molecule has 0 saturated carbocycles. The van der Waals surface area contributed by atoms with Crippen LogP contribution in [0.1, 0.15) is 31.1 Å². The summed E-state index contributed by atoms with van der Waals surface area (Å²) in [6.45, 7) is 5.53. The average molecular weight is 275 g/mol. The van der Waals surface area contributed by atoms with E-state index in [2.05, 4.69) is 5.32 Å². The Labute approximate surface area is 116 Å². The summed E-state index contributed by atoms with van der Waals surface area (Å²) in [5.41, 5.74) is -0.666. The Morgan fingerprint density at radius 2 is 1.95 bits per heavy atom. The van der Waals surface area contributed by atoms with Gasteiger partial charge in [0.15, 0.2) is 0 Å². The molecule has 0 aliphatic rings. The van der Waals surface area contributed by atoms with Crippen molar-refractivity contribution < 1.29 is 13.9 Å². The van der Waals surface area contributed by atoms with Crippen LogP contribution in [0.25, 0.3) is 11.0 Å². The second kappa shape index (κ2) is 5.00. The van der Waals surface area contributed by atoms with Crippen molar-refractivity contribution >= 4 is 16.9 Å². The fourth-order valence-corrected chi connectivity index (χ4v) is 1.79. The highest BCUT2D eigenvalue weighted by molar-refractivity contribution is 5.97. The largest absolute Gasteiger partial charge is 0.497 e. The van der Waals surface area contributed by atoms with Crippen LogP contribution < -0.4 is 15.7 Å². The molecule has 0 aliphatic carbocycles. The van der Waals surface area contributed by atoms with Crippen LogP contribution in [0.4, 0.5) is 0 Å². The van der Waals surface area contributed by atoms with Gasteiger partial charge in [-0.2, -0.15) is 0 Å². The molecule has 1 aromatic heterocycles. The van der Waals surface area contributed by atoms with Crippen LogP contribution in [-0.4, -0.2) is 18.6 Å². The Morgan fingerprint density at radius 1 is 1.25 bits per heavy atom. The predicted octanol–water partition coefficient (Wildman–Crippen LogP) is 2.33. The summed E-state index contributed by atoms with van der Waals surface area (Å²) in [4.78, 5) is 23.9. The van der Waals surface area contributed by atoms with Gasteiger partial charge in [-0.3, -0.25) is 4.79 Å². The topological polar surface area (TPSA) is 68.5 Å². The van der Waals surface area contributed by atoms with Crippen LogP contribution in [0.5, 0.6) is 5.75 Å². The zero-order valence-corrected chi connectivity index (χ0v) is 11.9. The van der Waals surface area contributed by atoms with Crippen LogP contribution in [0, 0.1) is 0 Å². The first kappa shape index (κ1) is 14.1. The molecule has 2 rings (SSSR count). The fraction of sp³-hybridized carbons (Fsp3) is 0.333. The third kappa shape index (κ3) is 2.99. The van der Waals surface area contributed by atoms with Crippen molar-refractivity contribution in [2.75, 3.05) is 7.11 Å². The molecule has 0 radical (unpaired) electrons. The average Bonchev–Trinajstić information content (AvgIpc) is 2.35. The number of benzene rings is 1. The van der Waals surface area contributed by atoms with Crippen molar-refractivity contribution in [3.8, 4) is 5.75 Å². The van der Waals surface area contributed by atoms with Gasteiger partial charge in [-0.1, -0.05) is 0 Å². The number of fused-ring (bicyclic) bond motifs is 1. The SMILES string of the molecule is COc1ccc2oc(=O)c(C(=O)NC(C)(C)C)cc2c1. The highest BCUT2D eigenvalue weighted by Crippen LogP contribution is 2.20. The van der Waals surface area contributed by atoms with Crippen LogP contribution in [0.15, 0.2) is 33.5 Å². The third-order valence-corrected chi connectivity index (χ3v) is 2.67. The van der Waals surface area contributed by atoms with Crippen LogP contribution >= 0.6 is 0 Å². The van der Waals surface area contributed by atoms with Crippen molar-refractivity contribution in [1.29, 1.82) is 0 Å². The number of hydrogen-bond donors (Lipinski definition) is 1. The van der Waals surface area contributed by atoms with Crippen molar-refractivity contribution in [2.45, 2.75) is 26.3 Å². The van der Waals surface area contributed by atoms with Gasteiger partial charge in [-0.15, -0.1) is 0 Å². The van der Waals surface area contributed by atoms with Crippen molar-refractivity contribution in [3.63, 3.8) is 0 Å². The monoisotopic (exact) mass is 275 g/mol. The van der Waals surface area contributed by atoms with Gasteiger partial charge >= 0.3 is 5.63 Å². The fourth-order valence-electron chi connectivity index (χ4n) is 1.79. The number of carbonyl (C=O) groups is 1. The first-order valence-corrected chi connectivity index (χ1v) is 6.24. The Bertz CT molecular complexity index is 710. The van der Waals surface area contributed by atoms with Gasteiger partial charge < -0.3 is 14.5 Å².